The summed E-state index contributed by atoms with van der Waals surface area (Å²) < 4.78 is 0. The topological polar surface area (TPSA) is 106 Å². The Morgan fingerprint density at radius 3 is 2.28 bits per heavy atom. The number of carbonyl (C=O) groups excluding carboxylic acids is 3. The highest BCUT2D eigenvalue weighted by atomic mass is 35.5. The number of hydrogen-bond donors (Lipinski definition) is 2. The molecule has 1 unspecified atom stereocenters. The molecule has 2 N–H and O–H groups in total. The number of amides is 4. The Morgan fingerprint density at radius 1 is 1.11 bits per heavy atom. The minimum absolute atomic E-state index is 0.0866. The van der Waals surface area contributed by atoms with Gasteiger partial charge in [0.15, 0.2) is 0 Å². The van der Waals surface area contributed by atoms with Gasteiger partial charge >= 0.3 is 6.03 Å². The van der Waals surface area contributed by atoms with E-state index in [1.54, 1.807) is 28.0 Å². The maximum atomic E-state index is 12.8. The second kappa shape index (κ2) is 11.9. The van der Waals surface area contributed by atoms with Crippen molar-refractivity contribution in [3.8, 4) is 6.07 Å². The summed E-state index contributed by atoms with van der Waals surface area (Å²) in [5.74, 6) is -0.670. The molecule has 2 radical (unpaired) electrons. The van der Waals surface area contributed by atoms with E-state index in [2.05, 4.69) is 17.2 Å². The van der Waals surface area contributed by atoms with Gasteiger partial charge in [-0.15, -0.1) is 0 Å². The number of benzene rings is 2. The van der Waals surface area contributed by atoms with Gasteiger partial charge in [0.25, 0.3) is 0 Å². The van der Waals surface area contributed by atoms with Crippen LogP contribution in [0.2, 0.25) is 11.6 Å². The van der Waals surface area contributed by atoms with Crippen LogP contribution >= 0.6 is 11.6 Å². The molecule has 36 heavy (non-hydrogen) atoms. The van der Waals surface area contributed by atoms with E-state index in [0.717, 1.165) is 11.3 Å². The molecule has 0 saturated heterocycles. The SMILES string of the molecule is C=C1c2cc(NC(=O)CC(C)CC(=O)Nc3ccc(C#N)c(Cl)c3)ccc2N(C[Si]C)C(=O)N1CC. The molecule has 0 bridgehead atoms. The van der Waals surface area contributed by atoms with Crippen molar-refractivity contribution in [2.24, 2.45) is 5.92 Å². The fourth-order valence-electron chi connectivity index (χ4n) is 4.04. The van der Waals surface area contributed by atoms with E-state index in [4.69, 9.17) is 16.9 Å². The van der Waals surface area contributed by atoms with E-state index >= 15 is 0 Å². The molecule has 10 heteroatoms. The normalized spacial score (nSPS) is 13.6. The van der Waals surface area contributed by atoms with Gasteiger partial charge in [0, 0.05) is 48.2 Å². The number of halogens is 1. The van der Waals surface area contributed by atoms with Crippen LogP contribution in [-0.4, -0.2) is 45.0 Å². The molecule has 4 amide bonds. The molecule has 0 aromatic heterocycles. The fourth-order valence-corrected chi connectivity index (χ4v) is 4.88. The molecular weight excluding hydrogens is 494 g/mol. The molecule has 1 aliphatic rings. The van der Waals surface area contributed by atoms with Gasteiger partial charge in [0.1, 0.15) is 6.07 Å². The Labute approximate surface area is 218 Å². The minimum Gasteiger partial charge on any atom is -0.326 e. The van der Waals surface area contributed by atoms with Gasteiger partial charge in [0.05, 0.1) is 25.8 Å². The zero-order valence-corrected chi connectivity index (χ0v) is 22.3. The molecule has 186 valence electrons. The first-order chi connectivity index (χ1) is 17.2. The van der Waals surface area contributed by atoms with Crippen LogP contribution in [0.1, 0.15) is 37.8 Å². The van der Waals surface area contributed by atoms with E-state index in [1.165, 1.54) is 6.07 Å². The predicted octanol–water partition coefficient (Wildman–Crippen LogP) is 5.15. The van der Waals surface area contributed by atoms with Gasteiger partial charge in [-0.05, 0) is 49.2 Å². The lowest BCUT2D eigenvalue weighted by Crippen LogP contribution is -2.47. The lowest BCUT2D eigenvalue weighted by Gasteiger charge is -2.38. The average molecular weight is 522 g/mol. The number of nitrogens with one attached hydrogen (secondary N) is 2. The smallest absolute Gasteiger partial charge is 0.326 e. The van der Waals surface area contributed by atoms with Crippen molar-refractivity contribution in [2.45, 2.75) is 33.2 Å². The predicted molar refractivity (Wildman–Crippen MR) is 144 cm³/mol. The lowest BCUT2D eigenvalue weighted by atomic mass is 10.0. The third-order valence-corrected chi connectivity index (χ3v) is 6.69. The van der Waals surface area contributed by atoms with E-state index in [0.29, 0.717) is 44.9 Å². The van der Waals surface area contributed by atoms with Crippen molar-refractivity contribution in [3.05, 3.63) is 59.1 Å². The second-order valence-corrected chi connectivity index (χ2v) is 9.99. The molecule has 0 spiro atoms. The first-order valence-corrected chi connectivity index (χ1v) is 13.6. The number of fused-ring (bicyclic) bond motifs is 1. The summed E-state index contributed by atoms with van der Waals surface area (Å²) in [5.41, 5.74) is 3.63. The molecule has 0 fully saturated rings. The zero-order chi connectivity index (χ0) is 26.4. The number of urea groups is 1. The van der Waals surface area contributed by atoms with Gasteiger partial charge in [-0.1, -0.05) is 31.7 Å². The van der Waals surface area contributed by atoms with Gasteiger partial charge in [-0.25, -0.2) is 4.79 Å². The molecular formula is C26H28ClN5O3Si. The van der Waals surface area contributed by atoms with Crippen molar-refractivity contribution >= 4 is 61.7 Å². The van der Waals surface area contributed by atoms with E-state index in [1.807, 2.05) is 38.6 Å². The Hall–Kier alpha value is -3.61. The molecule has 3 rings (SSSR count). The standard InChI is InChI=1S/C26H28ClN5O3Si/c1-5-31-17(3)21-12-19(8-9-23(21)32(15-36-4)26(31)35)29-24(33)10-16(2)11-25(34)30-20-7-6-18(14-28)22(27)13-20/h6-9,12-13,16H,3,5,10-11,15H2,1-2,4H3,(H,29,33)(H,30,34). The van der Waals surface area contributed by atoms with Gasteiger partial charge in [-0.3, -0.25) is 19.4 Å². The fraction of sp³-hybridized carbons (Fsp3) is 0.308. The second-order valence-electron chi connectivity index (χ2n) is 8.56. The first kappa shape index (κ1) is 27.0. The third kappa shape index (κ3) is 6.14. The maximum Gasteiger partial charge on any atom is 0.328 e. The summed E-state index contributed by atoms with van der Waals surface area (Å²) in [6.07, 6.45) is 0.921. The molecule has 1 aliphatic heterocycles. The summed E-state index contributed by atoms with van der Waals surface area (Å²) in [7, 11) is 0.574. The largest absolute Gasteiger partial charge is 0.328 e. The van der Waals surface area contributed by atoms with Crippen molar-refractivity contribution in [1.29, 1.82) is 5.26 Å². The average Bonchev–Trinajstić information content (AvgIpc) is 2.82. The van der Waals surface area contributed by atoms with Crippen LogP contribution in [0.4, 0.5) is 21.9 Å². The first-order valence-electron chi connectivity index (χ1n) is 11.5. The Balaban J connectivity index is 1.61. The van der Waals surface area contributed by atoms with Crippen molar-refractivity contribution in [1.82, 2.24) is 4.90 Å². The maximum absolute atomic E-state index is 12.8. The van der Waals surface area contributed by atoms with Gasteiger partial charge in [0.2, 0.25) is 11.8 Å². The summed E-state index contributed by atoms with van der Waals surface area (Å²) in [6, 6.07) is 12.0. The van der Waals surface area contributed by atoms with Crippen LogP contribution in [0.15, 0.2) is 43.0 Å². The van der Waals surface area contributed by atoms with Crippen molar-refractivity contribution in [2.75, 3.05) is 28.2 Å². The molecule has 1 heterocycles. The Morgan fingerprint density at radius 2 is 1.72 bits per heavy atom. The van der Waals surface area contributed by atoms with Crippen molar-refractivity contribution in [3.63, 3.8) is 0 Å². The summed E-state index contributed by atoms with van der Waals surface area (Å²) in [6.45, 7) is 10.4. The third-order valence-electron chi connectivity index (χ3n) is 5.74. The number of hydrogen-bond acceptors (Lipinski definition) is 4. The molecule has 8 nitrogen and oxygen atoms in total. The van der Waals surface area contributed by atoms with Crippen molar-refractivity contribution < 1.29 is 14.4 Å². The molecule has 2 aromatic rings. The number of carbonyl (C=O) groups is 3. The number of rotatable bonds is 9. The number of anilines is 3. The van der Waals surface area contributed by atoms with Crippen LogP contribution in [0, 0.1) is 17.2 Å². The lowest BCUT2D eigenvalue weighted by molar-refractivity contribution is -0.118. The zero-order valence-electron chi connectivity index (χ0n) is 20.5. The monoisotopic (exact) mass is 521 g/mol. The molecule has 2 aromatic carbocycles. The van der Waals surface area contributed by atoms with E-state index < -0.39 is 0 Å². The molecule has 1 atom stereocenters. The van der Waals surface area contributed by atoms with E-state index in [-0.39, 0.29) is 41.6 Å². The summed E-state index contributed by atoms with van der Waals surface area (Å²) >= 11 is 6.01. The highest BCUT2D eigenvalue weighted by Gasteiger charge is 2.32. The van der Waals surface area contributed by atoms with E-state index in [9.17, 15) is 14.4 Å². The van der Waals surface area contributed by atoms with Gasteiger partial charge < -0.3 is 10.6 Å². The Bertz CT molecular complexity index is 1240. The highest BCUT2D eigenvalue weighted by Crippen LogP contribution is 2.36. The van der Waals surface area contributed by atoms with Crippen LogP contribution in [0.3, 0.4) is 0 Å². The highest BCUT2D eigenvalue weighted by molar-refractivity contribution is 6.36. The summed E-state index contributed by atoms with van der Waals surface area (Å²) in [4.78, 5) is 41.3. The van der Waals surface area contributed by atoms with Crippen LogP contribution < -0.4 is 15.5 Å². The number of nitrogens with zero attached hydrogens (tertiary/aromatic N) is 3. The molecule has 0 aliphatic carbocycles. The van der Waals surface area contributed by atoms with Crippen LogP contribution in [-0.2, 0) is 9.59 Å². The Kier molecular flexibility index (Phi) is 8.91. The molecule has 0 saturated carbocycles. The minimum atomic E-state index is -0.248. The van der Waals surface area contributed by atoms with Crippen LogP contribution in [0.25, 0.3) is 5.70 Å². The van der Waals surface area contributed by atoms with Crippen LogP contribution in [0.5, 0.6) is 0 Å². The van der Waals surface area contributed by atoms with Gasteiger partial charge in [-0.2, -0.15) is 5.26 Å². The quantitative estimate of drug-likeness (QED) is 0.445. The number of nitriles is 1. The summed E-state index contributed by atoms with van der Waals surface area (Å²) in [5, 5.41) is 14.9.